The van der Waals surface area contributed by atoms with Gasteiger partial charge in [0.1, 0.15) is 5.65 Å². The van der Waals surface area contributed by atoms with Gasteiger partial charge in [-0.3, -0.25) is 4.79 Å². The van der Waals surface area contributed by atoms with E-state index in [1.54, 1.807) is 42.7 Å². The highest BCUT2D eigenvalue weighted by Gasteiger charge is 2.14. The molecule has 2 heterocycles. The topological polar surface area (TPSA) is 69.5 Å². The van der Waals surface area contributed by atoms with Gasteiger partial charge in [0, 0.05) is 35.0 Å². The molecule has 21 heavy (non-hydrogen) atoms. The number of allylic oxidation sites excluding steroid dienone is 1. The molecule has 100 valence electrons. The van der Waals surface area contributed by atoms with E-state index in [0.29, 0.717) is 16.8 Å². The second-order valence-electron chi connectivity index (χ2n) is 4.52. The molecule has 1 aromatic carbocycles. The van der Waals surface area contributed by atoms with Crippen LogP contribution in [0.4, 0.5) is 0 Å². The molecule has 4 heteroatoms. The highest BCUT2D eigenvalue weighted by molar-refractivity contribution is 6.16. The summed E-state index contributed by atoms with van der Waals surface area (Å²) in [6, 6.07) is 12.8. The van der Waals surface area contributed by atoms with E-state index in [0.717, 1.165) is 10.9 Å². The number of carbonyl (C=O) groups excluding carboxylic acids is 1. The minimum atomic E-state index is -0.0681. The first-order valence-electron chi connectivity index (χ1n) is 6.42. The van der Waals surface area contributed by atoms with Crippen LogP contribution in [0.3, 0.4) is 0 Å². The van der Waals surface area contributed by atoms with E-state index in [4.69, 9.17) is 5.26 Å². The third-order valence-corrected chi connectivity index (χ3v) is 3.19. The van der Waals surface area contributed by atoms with Gasteiger partial charge >= 0.3 is 0 Å². The van der Waals surface area contributed by atoms with Crippen LogP contribution in [0.5, 0.6) is 0 Å². The average molecular weight is 273 g/mol. The van der Waals surface area contributed by atoms with Gasteiger partial charge in [-0.05, 0) is 29.8 Å². The molecule has 0 saturated carbocycles. The standard InChI is InChI=1S/C17H11N3O/c18-8-2-5-12-4-1-6-13(10-12)16(21)15-11-20-17-14(15)7-3-9-19-17/h1-7,9-11H,(H,19,20). The van der Waals surface area contributed by atoms with Crippen molar-refractivity contribution in [2.75, 3.05) is 0 Å². The molecule has 0 saturated heterocycles. The van der Waals surface area contributed by atoms with Crippen LogP contribution in [0.25, 0.3) is 17.1 Å². The maximum Gasteiger partial charge on any atom is 0.195 e. The number of rotatable bonds is 3. The fourth-order valence-corrected chi connectivity index (χ4v) is 2.22. The molecule has 0 radical (unpaired) electrons. The lowest BCUT2D eigenvalue weighted by molar-refractivity contribution is 0.104. The number of benzene rings is 1. The molecule has 2 aromatic heterocycles. The second-order valence-corrected chi connectivity index (χ2v) is 4.52. The average Bonchev–Trinajstić information content (AvgIpc) is 2.96. The molecule has 4 nitrogen and oxygen atoms in total. The van der Waals surface area contributed by atoms with Crippen LogP contribution in [0.2, 0.25) is 0 Å². The molecule has 0 aliphatic carbocycles. The molecule has 0 atom stereocenters. The van der Waals surface area contributed by atoms with Gasteiger partial charge in [-0.15, -0.1) is 0 Å². The monoisotopic (exact) mass is 273 g/mol. The highest BCUT2D eigenvalue weighted by atomic mass is 16.1. The van der Waals surface area contributed by atoms with Crippen LogP contribution >= 0.6 is 0 Å². The molecule has 0 fully saturated rings. The van der Waals surface area contributed by atoms with Gasteiger partial charge in [0.2, 0.25) is 0 Å². The summed E-state index contributed by atoms with van der Waals surface area (Å²) in [4.78, 5) is 19.8. The number of hydrogen-bond donors (Lipinski definition) is 1. The van der Waals surface area contributed by atoms with Gasteiger partial charge in [0.05, 0.1) is 6.07 Å². The Morgan fingerprint density at radius 2 is 2.19 bits per heavy atom. The molecule has 0 amide bonds. The number of H-pyrrole nitrogens is 1. The number of hydrogen-bond acceptors (Lipinski definition) is 3. The van der Waals surface area contributed by atoms with Crippen LogP contribution in [0.15, 0.2) is 54.9 Å². The predicted molar refractivity (Wildman–Crippen MR) is 80.6 cm³/mol. The van der Waals surface area contributed by atoms with Crippen LogP contribution in [-0.4, -0.2) is 15.8 Å². The van der Waals surface area contributed by atoms with Gasteiger partial charge in [-0.25, -0.2) is 4.98 Å². The van der Waals surface area contributed by atoms with E-state index in [-0.39, 0.29) is 5.78 Å². The summed E-state index contributed by atoms with van der Waals surface area (Å²) in [7, 11) is 0. The first-order chi connectivity index (χ1) is 10.3. The first kappa shape index (κ1) is 12.8. The van der Waals surface area contributed by atoms with Crippen molar-refractivity contribution in [2.45, 2.75) is 0 Å². The van der Waals surface area contributed by atoms with Gasteiger partial charge in [0.25, 0.3) is 0 Å². The number of aromatic nitrogens is 2. The molecule has 3 aromatic rings. The van der Waals surface area contributed by atoms with Crippen molar-refractivity contribution in [3.8, 4) is 6.07 Å². The fourth-order valence-electron chi connectivity index (χ4n) is 2.22. The third kappa shape index (κ3) is 2.45. The Labute approximate surface area is 121 Å². The fraction of sp³-hybridized carbons (Fsp3) is 0. The van der Waals surface area contributed by atoms with Crippen molar-refractivity contribution in [2.24, 2.45) is 0 Å². The highest BCUT2D eigenvalue weighted by Crippen LogP contribution is 2.20. The number of ketones is 1. The zero-order valence-electron chi connectivity index (χ0n) is 11.1. The Hall–Kier alpha value is -3.19. The van der Waals surface area contributed by atoms with Crippen LogP contribution < -0.4 is 0 Å². The predicted octanol–water partition coefficient (Wildman–Crippen LogP) is 3.33. The first-order valence-corrected chi connectivity index (χ1v) is 6.42. The number of nitrogens with one attached hydrogen (secondary N) is 1. The zero-order valence-corrected chi connectivity index (χ0v) is 11.1. The van der Waals surface area contributed by atoms with E-state index in [1.807, 2.05) is 18.2 Å². The molecular formula is C17H11N3O. The molecule has 0 aliphatic heterocycles. The Morgan fingerprint density at radius 1 is 1.29 bits per heavy atom. The minimum Gasteiger partial charge on any atom is -0.345 e. The number of carbonyl (C=O) groups is 1. The number of nitrogens with zero attached hydrogens (tertiary/aromatic N) is 2. The van der Waals surface area contributed by atoms with Gasteiger partial charge in [-0.1, -0.05) is 18.2 Å². The number of fused-ring (bicyclic) bond motifs is 1. The van der Waals surface area contributed by atoms with E-state index in [1.165, 1.54) is 6.08 Å². The number of pyridine rings is 1. The Morgan fingerprint density at radius 3 is 3.05 bits per heavy atom. The number of aromatic amines is 1. The van der Waals surface area contributed by atoms with Gasteiger partial charge in [0.15, 0.2) is 5.78 Å². The molecule has 0 spiro atoms. The Balaban J connectivity index is 2.03. The molecular weight excluding hydrogens is 262 g/mol. The lowest BCUT2D eigenvalue weighted by Gasteiger charge is -2.01. The third-order valence-electron chi connectivity index (χ3n) is 3.19. The van der Waals surface area contributed by atoms with Gasteiger partial charge < -0.3 is 4.98 Å². The van der Waals surface area contributed by atoms with E-state index in [2.05, 4.69) is 9.97 Å². The van der Waals surface area contributed by atoms with Crippen molar-refractivity contribution in [1.82, 2.24) is 9.97 Å². The van der Waals surface area contributed by atoms with Crippen molar-refractivity contribution >= 4 is 22.9 Å². The zero-order chi connectivity index (χ0) is 14.7. The van der Waals surface area contributed by atoms with Crippen molar-refractivity contribution in [3.63, 3.8) is 0 Å². The largest absolute Gasteiger partial charge is 0.345 e. The van der Waals surface area contributed by atoms with E-state index >= 15 is 0 Å². The quantitative estimate of drug-likeness (QED) is 0.587. The summed E-state index contributed by atoms with van der Waals surface area (Å²) in [6.07, 6.45) is 6.42. The summed E-state index contributed by atoms with van der Waals surface area (Å²) < 4.78 is 0. The molecule has 3 rings (SSSR count). The maximum atomic E-state index is 12.6. The molecule has 0 bridgehead atoms. The lowest BCUT2D eigenvalue weighted by atomic mass is 10.0. The van der Waals surface area contributed by atoms with Crippen molar-refractivity contribution < 1.29 is 4.79 Å². The van der Waals surface area contributed by atoms with Gasteiger partial charge in [-0.2, -0.15) is 5.26 Å². The van der Waals surface area contributed by atoms with Crippen LogP contribution in [0, 0.1) is 11.3 Å². The molecule has 0 unspecified atom stereocenters. The van der Waals surface area contributed by atoms with Crippen molar-refractivity contribution in [1.29, 1.82) is 5.26 Å². The summed E-state index contributed by atoms with van der Waals surface area (Å²) in [6.45, 7) is 0. The van der Waals surface area contributed by atoms with Crippen molar-refractivity contribution in [3.05, 3.63) is 71.6 Å². The number of nitriles is 1. The Bertz CT molecular complexity index is 884. The summed E-state index contributed by atoms with van der Waals surface area (Å²) in [5.74, 6) is -0.0681. The lowest BCUT2D eigenvalue weighted by Crippen LogP contribution is -2.00. The SMILES string of the molecule is N#CC=Cc1cccc(C(=O)c2c[nH]c3ncccc23)c1. The van der Waals surface area contributed by atoms with E-state index in [9.17, 15) is 4.79 Å². The molecule has 1 N–H and O–H groups in total. The summed E-state index contributed by atoms with van der Waals surface area (Å²) >= 11 is 0. The van der Waals surface area contributed by atoms with Crippen LogP contribution in [-0.2, 0) is 0 Å². The normalized spacial score (nSPS) is 10.8. The second kappa shape index (κ2) is 5.43. The van der Waals surface area contributed by atoms with E-state index < -0.39 is 0 Å². The Kier molecular flexibility index (Phi) is 3.32. The van der Waals surface area contributed by atoms with Crippen LogP contribution in [0.1, 0.15) is 21.5 Å². The minimum absolute atomic E-state index is 0.0681. The smallest absolute Gasteiger partial charge is 0.195 e. The summed E-state index contributed by atoms with van der Waals surface area (Å²) in [5.41, 5.74) is 2.70. The summed E-state index contributed by atoms with van der Waals surface area (Å²) in [5, 5.41) is 9.37. The maximum absolute atomic E-state index is 12.6. The molecule has 0 aliphatic rings.